The van der Waals surface area contributed by atoms with Crippen LogP contribution < -0.4 is 5.32 Å². The number of aryl methyl sites for hydroxylation is 2. The molecule has 174 valence electrons. The average Bonchev–Trinajstić information content (AvgIpc) is 3.17. The number of carbonyl (C=O) groups is 1. The Bertz CT molecular complexity index is 1070. The van der Waals surface area contributed by atoms with Crippen molar-refractivity contribution in [2.45, 2.75) is 51.4 Å². The maximum Gasteiger partial charge on any atom is 0.234 e. The van der Waals surface area contributed by atoms with E-state index < -0.39 is 0 Å². The molecule has 1 aliphatic rings. The van der Waals surface area contributed by atoms with Gasteiger partial charge in [-0.15, -0.1) is 10.2 Å². The van der Waals surface area contributed by atoms with Gasteiger partial charge in [-0.2, -0.15) is 0 Å². The summed E-state index contributed by atoms with van der Waals surface area (Å²) < 4.78 is 2.14. The fourth-order valence-electron chi connectivity index (χ4n) is 4.16. The fraction of sp³-hybridized carbons (Fsp3) is 0.400. The summed E-state index contributed by atoms with van der Waals surface area (Å²) in [4.78, 5) is 15.2. The van der Waals surface area contributed by atoms with Gasteiger partial charge in [0.05, 0.1) is 29.6 Å². The molecule has 2 heterocycles. The van der Waals surface area contributed by atoms with E-state index in [0.29, 0.717) is 17.3 Å². The number of benzene rings is 2. The van der Waals surface area contributed by atoms with Gasteiger partial charge in [-0.3, -0.25) is 9.69 Å². The summed E-state index contributed by atoms with van der Waals surface area (Å²) in [5.74, 6) is 1.07. The highest BCUT2D eigenvalue weighted by Crippen LogP contribution is 2.28. The molecule has 6 nitrogen and oxygen atoms in total. The van der Waals surface area contributed by atoms with Gasteiger partial charge in [0.25, 0.3) is 0 Å². The van der Waals surface area contributed by atoms with Crippen molar-refractivity contribution in [1.29, 1.82) is 0 Å². The number of nitrogens with one attached hydrogen (secondary N) is 1. The van der Waals surface area contributed by atoms with Crippen LogP contribution in [0.1, 0.15) is 41.8 Å². The number of carbonyl (C=O) groups excluding carboxylic acids is 1. The minimum Gasteiger partial charge on any atom is -0.324 e. The zero-order valence-electron chi connectivity index (χ0n) is 19.2. The second-order valence-electron chi connectivity index (χ2n) is 8.58. The SMILES string of the molecule is Cc1cc(C)c(NC(=O)CSc2nnc(CN3CCCCC3)n2Cc2ccccc2)c(Cl)c1. The van der Waals surface area contributed by atoms with E-state index in [9.17, 15) is 4.79 Å². The topological polar surface area (TPSA) is 63.1 Å². The number of amides is 1. The standard InChI is InChI=1S/C25H30ClN5OS/c1-18-13-19(2)24(21(26)14-18)27-23(32)17-33-25-29-28-22(16-30-11-7-4-8-12-30)31(25)15-20-9-5-3-6-10-20/h3,5-6,9-10,13-14H,4,7-8,11-12,15-17H2,1-2H3,(H,27,32). The molecule has 0 unspecified atom stereocenters. The number of rotatable bonds is 8. The van der Waals surface area contributed by atoms with Crippen molar-refractivity contribution in [1.82, 2.24) is 19.7 Å². The molecule has 1 aliphatic heterocycles. The van der Waals surface area contributed by atoms with Crippen LogP contribution in [0.2, 0.25) is 5.02 Å². The average molecular weight is 484 g/mol. The minimum atomic E-state index is -0.110. The van der Waals surface area contributed by atoms with E-state index in [2.05, 4.69) is 37.1 Å². The largest absolute Gasteiger partial charge is 0.324 e. The molecule has 33 heavy (non-hydrogen) atoms. The zero-order chi connectivity index (χ0) is 23.2. The van der Waals surface area contributed by atoms with Crippen molar-refractivity contribution >= 4 is 35.0 Å². The summed E-state index contributed by atoms with van der Waals surface area (Å²) >= 11 is 7.76. The molecule has 1 N–H and O–H groups in total. The van der Waals surface area contributed by atoms with Crippen molar-refractivity contribution in [2.24, 2.45) is 0 Å². The summed E-state index contributed by atoms with van der Waals surface area (Å²) in [7, 11) is 0. The summed E-state index contributed by atoms with van der Waals surface area (Å²) in [5.41, 5.74) is 3.88. The lowest BCUT2D eigenvalue weighted by molar-refractivity contribution is -0.113. The van der Waals surface area contributed by atoms with Crippen LogP contribution in [-0.4, -0.2) is 44.4 Å². The molecule has 0 bridgehead atoms. The van der Waals surface area contributed by atoms with E-state index in [1.165, 1.54) is 36.6 Å². The van der Waals surface area contributed by atoms with Crippen molar-refractivity contribution in [3.8, 4) is 0 Å². The molecule has 0 spiro atoms. The summed E-state index contributed by atoms with van der Waals surface area (Å²) in [5, 5.41) is 13.2. The molecule has 4 rings (SSSR count). The number of piperidine rings is 1. The van der Waals surface area contributed by atoms with E-state index in [-0.39, 0.29) is 11.7 Å². The molecule has 0 saturated carbocycles. The van der Waals surface area contributed by atoms with Gasteiger partial charge in [0.2, 0.25) is 5.91 Å². The molecule has 3 aromatic rings. The lowest BCUT2D eigenvalue weighted by atomic mass is 10.1. The van der Waals surface area contributed by atoms with Crippen molar-refractivity contribution in [3.63, 3.8) is 0 Å². The molecule has 1 saturated heterocycles. The van der Waals surface area contributed by atoms with Crippen LogP contribution in [-0.2, 0) is 17.9 Å². The monoisotopic (exact) mass is 483 g/mol. The van der Waals surface area contributed by atoms with Crippen LogP contribution in [0.3, 0.4) is 0 Å². The Kier molecular flexibility index (Phi) is 8.06. The zero-order valence-corrected chi connectivity index (χ0v) is 20.8. The number of hydrogen-bond acceptors (Lipinski definition) is 5. The van der Waals surface area contributed by atoms with E-state index in [4.69, 9.17) is 11.6 Å². The first kappa shape index (κ1) is 23.8. The molecule has 1 fully saturated rings. The van der Waals surface area contributed by atoms with E-state index in [0.717, 1.165) is 41.7 Å². The molecule has 0 atom stereocenters. The number of aromatic nitrogens is 3. The van der Waals surface area contributed by atoms with E-state index >= 15 is 0 Å². The number of likely N-dealkylation sites (tertiary alicyclic amines) is 1. The van der Waals surface area contributed by atoms with Crippen molar-refractivity contribution in [2.75, 3.05) is 24.2 Å². The third kappa shape index (κ3) is 6.37. The number of hydrogen-bond donors (Lipinski definition) is 1. The number of halogens is 1. The first-order valence-corrected chi connectivity index (χ1v) is 12.7. The van der Waals surface area contributed by atoms with Crippen LogP contribution in [0.15, 0.2) is 47.6 Å². The molecular formula is C25H30ClN5OS. The minimum absolute atomic E-state index is 0.110. The first-order valence-electron chi connectivity index (χ1n) is 11.4. The maximum absolute atomic E-state index is 12.7. The summed E-state index contributed by atoms with van der Waals surface area (Å²) in [6, 6.07) is 14.2. The quantitative estimate of drug-likeness (QED) is 0.440. The van der Waals surface area contributed by atoms with Crippen LogP contribution >= 0.6 is 23.4 Å². The lowest BCUT2D eigenvalue weighted by Gasteiger charge is -2.26. The number of thioether (sulfide) groups is 1. The van der Waals surface area contributed by atoms with Gasteiger partial charge in [-0.1, -0.05) is 66.2 Å². The highest BCUT2D eigenvalue weighted by Gasteiger charge is 2.19. The van der Waals surface area contributed by atoms with Crippen molar-refractivity contribution < 1.29 is 4.79 Å². The predicted octanol–water partition coefficient (Wildman–Crippen LogP) is 5.31. The van der Waals surface area contributed by atoms with Crippen LogP contribution in [0.4, 0.5) is 5.69 Å². The van der Waals surface area contributed by atoms with Crippen LogP contribution in [0.5, 0.6) is 0 Å². The molecule has 0 aliphatic carbocycles. The van der Waals surface area contributed by atoms with Gasteiger partial charge in [0, 0.05) is 0 Å². The number of anilines is 1. The van der Waals surface area contributed by atoms with E-state index in [1.807, 2.05) is 44.2 Å². The van der Waals surface area contributed by atoms with Crippen LogP contribution in [0, 0.1) is 13.8 Å². The van der Waals surface area contributed by atoms with E-state index in [1.54, 1.807) is 0 Å². The second-order valence-corrected chi connectivity index (χ2v) is 9.93. The third-order valence-electron chi connectivity index (χ3n) is 5.82. The molecule has 1 aromatic heterocycles. The van der Waals surface area contributed by atoms with Gasteiger partial charge in [-0.25, -0.2) is 0 Å². The Morgan fingerprint density at radius 2 is 1.82 bits per heavy atom. The fourth-order valence-corrected chi connectivity index (χ4v) is 5.29. The Balaban J connectivity index is 1.47. The Morgan fingerprint density at radius 1 is 1.06 bits per heavy atom. The molecule has 2 aromatic carbocycles. The van der Waals surface area contributed by atoms with Gasteiger partial charge < -0.3 is 9.88 Å². The normalized spacial score (nSPS) is 14.4. The number of nitrogens with zero attached hydrogens (tertiary/aromatic N) is 4. The summed E-state index contributed by atoms with van der Waals surface area (Å²) in [6.07, 6.45) is 3.76. The van der Waals surface area contributed by atoms with Gasteiger partial charge in [0.15, 0.2) is 5.16 Å². The summed E-state index contributed by atoms with van der Waals surface area (Å²) in [6.45, 7) is 7.60. The molecule has 8 heteroatoms. The smallest absolute Gasteiger partial charge is 0.234 e. The maximum atomic E-state index is 12.7. The van der Waals surface area contributed by atoms with Crippen LogP contribution in [0.25, 0.3) is 0 Å². The lowest BCUT2D eigenvalue weighted by Crippen LogP contribution is -2.30. The Labute approximate surface area is 204 Å². The van der Waals surface area contributed by atoms with Gasteiger partial charge in [-0.05, 0) is 62.5 Å². The van der Waals surface area contributed by atoms with Gasteiger partial charge in [0.1, 0.15) is 5.82 Å². The molecule has 1 amide bonds. The highest BCUT2D eigenvalue weighted by atomic mass is 35.5. The van der Waals surface area contributed by atoms with Gasteiger partial charge >= 0.3 is 0 Å². The second kappa shape index (κ2) is 11.2. The predicted molar refractivity (Wildman–Crippen MR) is 135 cm³/mol. The molecular weight excluding hydrogens is 454 g/mol. The Morgan fingerprint density at radius 3 is 2.55 bits per heavy atom. The van der Waals surface area contributed by atoms with Crippen molar-refractivity contribution in [3.05, 3.63) is 70.0 Å². The third-order valence-corrected chi connectivity index (χ3v) is 7.08. The Hall–Kier alpha value is -2.35. The first-order chi connectivity index (χ1) is 16.0. The molecule has 0 radical (unpaired) electrons. The highest BCUT2D eigenvalue weighted by molar-refractivity contribution is 7.99.